The van der Waals surface area contributed by atoms with Crippen molar-refractivity contribution in [1.29, 1.82) is 0 Å². The van der Waals surface area contributed by atoms with Gasteiger partial charge in [0.2, 0.25) is 0 Å². The Morgan fingerprint density at radius 2 is 1.67 bits per heavy atom. The third-order valence-electron chi connectivity index (χ3n) is 6.65. The van der Waals surface area contributed by atoms with Gasteiger partial charge in [-0.3, -0.25) is 14.5 Å². The van der Waals surface area contributed by atoms with Gasteiger partial charge in [0.05, 0.1) is 24.3 Å². The molecular formula is C28H25FN2O5. The molecule has 2 aliphatic heterocycles. The summed E-state index contributed by atoms with van der Waals surface area (Å²) >= 11 is 0. The van der Waals surface area contributed by atoms with Crippen LogP contribution in [0.2, 0.25) is 0 Å². The Kier molecular flexibility index (Phi) is 6.10. The molecule has 3 aromatic rings. The molecule has 2 saturated heterocycles. The van der Waals surface area contributed by atoms with Gasteiger partial charge in [-0.2, -0.15) is 0 Å². The predicted octanol–water partition coefficient (Wildman–Crippen LogP) is 4.77. The van der Waals surface area contributed by atoms with E-state index in [1.807, 2.05) is 12.1 Å². The number of carbonyl (C=O) groups excluding carboxylic acids is 2. The average Bonchev–Trinajstić information content (AvgIpc) is 3.51. The van der Waals surface area contributed by atoms with Crippen molar-refractivity contribution in [1.82, 2.24) is 0 Å². The highest BCUT2D eigenvalue weighted by Gasteiger charge is 2.47. The highest BCUT2D eigenvalue weighted by atomic mass is 19.1. The third-order valence-corrected chi connectivity index (χ3v) is 6.65. The van der Waals surface area contributed by atoms with E-state index in [4.69, 9.17) is 4.74 Å². The number of halogens is 1. The van der Waals surface area contributed by atoms with Crippen LogP contribution in [0.15, 0.2) is 72.3 Å². The van der Waals surface area contributed by atoms with E-state index in [0.29, 0.717) is 11.3 Å². The Morgan fingerprint density at radius 1 is 0.972 bits per heavy atom. The number of amides is 1. The van der Waals surface area contributed by atoms with E-state index in [-0.39, 0.29) is 22.6 Å². The molecule has 1 atom stereocenters. The summed E-state index contributed by atoms with van der Waals surface area (Å²) in [4.78, 5) is 30.2. The fourth-order valence-corrected chi connectivity index (χ4v) is 4.92. The van der Waals surface area contributed by atoms with E-state index in [9.17, 15) is 24.2 Å². The third kappa shape index (κ3) is 4.04. The van der Waals surface area contributed by atoms with Crippen LogP contribution in [0.25, 0.3) is 5.76 Å². The van der Waals surface area contributed by atoms with Crippen molar-refractivity contribution < 1.29 is 28.9 Å². The number of ketones is 1. The molecule has 36 heavy (non-hydrogen) atoms. The molecule has 7 nitrogen and oxygen atoms in total. The molecule has 184 valence electrons. The molecule has 2 fully saturated rings. The molecule has 0 aromatic heterocycles. The topological polar surface area (TPSA) is 90.3 Å². The van der Waals surface area contributed by atoms with Gasteiger partial charge in [-0.15, -0.1) is 0 Å². The molecule has 2 heterocycles. The minimum absolute atomic E-state index is 0.0509. The fourth-order valence-electron chi connectivity index (χ4n) is 4.92. The van der Waals surface area contributed by atoms with Gasteiger partial charge < -0.3 is 19.8 Å². The molecule has 0 saturated carbocycles. The average molecular weight is 489 g/mol. The zero-order valence-electron chi connectivity index (χ0n) is 19.6. The minimum Gasteiger partial charge on any atom is -0.508 e. The smallest absolute Gasteiger partial charge is 0.300 e. The van der Waals surface area contributed by atoms with Crippen molar-refractivity contribution in [2.45, 2.75) is 18.9 Å². The highest BCUT2D eigenvalue weighted by Crippen LogP contribution is 2.44. The number of aliphatic hydroxyl groups excluding tert-OH is 1. The number of methoxy groups -OCH3 is 1. The maximum atomic E-state index is 14.1. The number of phenolic OH excluding ortho intramolecular Hbond substituents is 1. The fraction of sp³-hybridized carbons (Fsp3) is 0.214. The van der Waals surface area contributed by atoms with Crippen molar-refractivity contribution in [3.05, 3.63) is 89.2 Å². The standard InChI is InChI=1S/C28H25FN2O5/c1-36-23-12-7-18(29)16-22(23)26(33)24-25(17-5-4-6-21(32)15-17)31(28(35)27(24)34)20-10-8-19(9-11-20)30-13-2-3-14-30/h4-12,15-16,25,32-33H,2-3,13-14H2,1H3/b26-24+. The molecule has 0 aliphatic carbocycles. The Bertz CT molecular complexity index is 1360. The van der Waals surface area contributed by atoms with E-state index >= 15 is 0 Å². The van der Waals surface area contributed by atoms with Gasteiger partial charge in [-0.1, -0.05) is 12.1 Å². The number of phenols is 1. The Morgan fingerprint density at radius 3 is 2.33 bits per heavy atom. The van der Waals surface area contributed by atoms with Crippen LogP contribution in [-0.4, -0.2) is 42.1 Å². The second kappa shape index (κ2) is 9.37. The number of rotatable bonds is 5. The van der Waals surface area contributed by atoms with Crippen LogP contribution in [0.3, 0.4) is 0 Å². The van der Waals surface area contributed by atoms with E-state index in [1.54, 1.807) is 24.3 Å². The molecule has 3 aromatic carbocycles. The SMILES string of the molecule is COc1ccc(F)cc1/C(O)=C1\C(=O)C(=O)N(c2ccc(N3CCCC3)cc2)C1c1cccc(O)c1. The highest BCUT2D eigenvalue weighted by molar-refractivity contribution is 6.51. The molecule has 0 radical (unpaired) electrons. The van der Waals surface area contributed by atoms with Gasteiger partial charge in [-0.05, 0) is 73.0 Å². The van der Waals surface area contributed by atoms with Crippen molar-refractivity contribution >= 4 is 28.8 Å². The summed E-state index contributed by atoms with van der Waals surface area (Å²) in [7, 11) is 1.36. The number of ether oxygens (including phenoxy) is 1. The van der Waals surface area contributed by atoms with E-state index in [1.165, 1.54) is 36.3 Å². The van der Waals surface area contributed by atoms with Gasteiger partial charge in [0.1, 0.15) is 23.1 Å². The number of aromatic hydroxyl groups is 1. The van der Waals surface area contributed by atoms with Crippen LogP contribution in [-0.2, 0) is 9.59 Å². The number of benzene rings is 3. The molecule has 1 amide bonds. The molecule has 0 spiro atoms. The van der Waals surface area contributed by atoms with Gasteiger partial charge in [-0.25, -0.2) is 4.39 Å². The second-order valence-electron chi connectivity index (χ2n) is 8.82. The minimum atomic E-state index is -1.05. The molecule has 8 heteroatoms. The summed E-state index contributed by atoms with van der Waals surface area (Å²) in [6, 6.07) is 16.0. The zero-order chi connectivity index (χ0) is 25.4. The van der Waals surface area contributed by atoms with Crippen LogP contribution in [0, 0.1) is 5.82 Å². The number of carbonyl (C=O) groups is 2. The predicted molar refractivity (Wildman–Crippen MR) is 134 cm³/mol. The normalized spacial score (nSPS) is 19.2. The molecule has 1 unspecified atom stereocenters. The van der Waals surface area contributed by atoms with Gasteiger partial charge in [0.15, 0.2) is 0 Å². The van der Waals surface area contributed by atoms with Crippen LogP contribution >= 0.6 is 0 Å². The summed E-state index contributed by atoms with van der Waals surface area (Å²) < 4.78 is 19.4. The number of aliphatic hydroxyl groups is 1. The molecule has 0 bridgehead atoms. The summed E-state index contributed by atoms with van der Waals surface area (Å²) in [5, 5.41) is 21.4. The zero-order valence-corrected chi connectivity index (χ0v) is 19.6. The Hall–Kier alpha value is -4.33. The lowest BCUT2D eigenvalue weighted by Crippen LogP contribution is -2.29. The number of anilines is 2. The first-order valence-corrected chi connectivity index (χ1v) is 11.7. The van der Waals surface area contributed by atoms with Crippen LogP contribution in [0.5, 0.6) is 11.5 Å². The van der Waals surface area contributed by atoms with Crippen LogP contribution in [0.1, 0.15) is 30.0 Å². The van der Waals surface area contributed by atoms with Gasteiger partial charge >= 0.3 is 0 Å². The molecule has 5 rings (SSSR count). The van der Waals surface area contributed by atoms with Crippen LogP contribution in [0.4, 0.5) is 15.8 Å². The van der Waals surface area contributed by atoms with Crippen molar-refractivity contribution in [3.63, 3.8) is 0 Å². The first-order valence-electron chi connectivity index (χ1n) is 11.7. The van der Waals surface area contributed by atoms with Crippen molar-refractivity contribution in [2.24, 2.45) is 0 Å². The lowest BCUT2D eigenvalue weighted by molar-refractivity contribution is -0.132. The molecule has 2 N–H and O–H groups in total. The number of nitrogens with zero attached hydrogens (tertiary/aromatic N) is 2. The maximum absolute atomic E-state index is 14.1. The van der Waals surface area contributed by atoms with Crippen molar-refractivity contribution in [3.8, 4) is 11.5 Å². The van der Waals surface area contributed by atoms with E-state index in [2.05, 4.69) is 4.90 Å². The second-order valence-corrected chi connectivity index (χ2v) is 8.82. The summed E-state index contributed by atoms with van der Waals surface area (Å²) in [6.07, 6.45) is 2.24. The van der Waals surface area contributed by atoms with Crippen molar-refractivity contribution in [2.75, 3.05) is 30.0 Å². The van der Waals surface area contributed by atoms with Crippen LogP contribution < -0.4 is 14.5 Å². The first kappa shape index (κ1) is 23.4. The summed E-state index contributed by atoms with van der Waals surface area (Å²) in [5.41, 5.74) is 1.61. The van der Waals surface area contributed by atoms with E-state index in [0.717, 1.165) is 37.7 Å². The first-order chi connectivity index (χ1) is 17.4. The summed E-state index contributed by atoms with van der Waals surface area (Å²) in [5.74, 6) is -2.88. The summed E-state index contributed by atoms with van der Waals surface area (Å²) in [6.45, 7) is 1.92. The number of Topliss-reactive ketones (excluding diaryl/α,β-unsaturated/α-hetero) is 1. The molecule has 2 aliphatic rings. The van der Waals surface area contributed by atoms with E-state index < -0.39 is 29.3 Å². The lowest BCUT2D eigenvalue weighted by Gasteiger charge is -2.26. The lowest BCUT2D eigenvalue weighted by atomic mass is 9.94. The van der Waals surface area contributed by atoms with Gasteiger partial charge in [0, 0.05) is 24.5 Å². The molecular weight excluding hydrogens is 463 g/mol. The number of hydrogen-bond acceptors (Lipinski definition) is 6. The Balaban J connectivity index is 1.67. The monoisotopic (exact) mass is 488 g/mol. The Labute approximate surface area is 207 Å². The quantitative estimate of drug-likeness (QED) is 0.306. The largest absolute Gasteiger partial charge is 0.508 e. The number of hydrogen-bond donors (Lipinski definition) is 2. The maximum Gasteiger partial charge on any atom is 0.300 e. The van der Waals surface area contributed by atoms with Gasteiger partial charge in [0.25, 0.3) is 11.7 Å².